The van der Waals surface area contributed by atoms with Crippen molar-refractivity contribution in [3.63, 3.8) is 0 Å². The lowest BCUT2D eigenvalue weighted by Crippen LogP contribution is -2.33. The minimum absolute atomic E-state index is 0.267. The highest BCUT2D eigenvalue weighted by atomic mass is 16.3. The molecule has 2 aromatic rings. The fourth-order valence-electron chi connectivity index (χ4n) is 3.08. The van der Waals surface area contributed by atoms with Crippen molar-refractivity contribution in [2.75, 3.05) is 23.4 Å². The number of likely N-dealkylation sites (N-methyl/N-ethyl adjacent to an activating group) is 1. The third-order valence-electron chi connectivity index (χ3n) is 4.34. The number of anilines is 2. The molecule has 3 heterocycles. The number of nitrogens with zero attached hydrogens (tertiary/aromatic N) is 4. The summed E-state index contributed by atoms with van der Waals surface area (Å²) >= 11 is 0. The Morgan fingerprint density at radius 3 is 3.05 bits per heavy atom. The van der Waals surface area contributed by atoms with E-state index >= 15 is 0 Å². The van der Waals surface area contributed by atoms with Gasteiger partial charge in [0.2, 0.25) is 0 Å². The van der Waals surface area contributed by atoms with E-state index in [1.165, 1.54) is 4.90 Å². The van der Waals surface area contributed by atoms with E-state index in [2.05, 4.69) is 14.5 Å². The highest BCUT2D eigenvalue weighted by Crippen LogP contribution is 2.37. The number of rotatable bonds is 1. The summed E-state index contributed by atoms with van der Waals surface area (Å²) in [5.41, 5.74) is 2.53. The molecule has 0 spiro atoms. The van der Waals surface area contributed by atoms with Crippen molar-refractivity contribution in [1.29, 1.82) is 0 Å². The SMILES string of the molecule is CN1C(=O)C(O)c2ccc(N3CCn4ccnc4C3)cc21. The summed E-state index contributed by atoms with van der Waals surface area (Å²) < 4.78 is 2.16. The molecule has 4 rings (SSSR count). The topological polar surface area (TPSA) is 61.6 Å². The molecule has 108 valence electrons. The average Bonchev–Trinajstić information content (AvgIpc) is 3.06. The first-order valence-electron chi connectivity index (χ1n) is 6.99. The van der Waals surface area contributed by atoms with Gasteiger partial charge in [-0.2, -0.15) is 0 Å². The summed E-state index contributed by atoms with van der Waals surface area (Å²) in [5.74, 6) is 0.780. The van der Waals surface area contributed by atoms with E-state index in [-0.39, 0.29) is 5.91 Å². The van der Waals surface area contributed by atoms with Gasteiger partial charge in [0, 0.05) is 43.8 Å². The second-order valence-electron chi connectivity index (χ2n) is 5.50. The monoisotopic (exact) mass is 284 g/mol. The number of hydrogen-bond donors (Lipinski definition) is 1. The van der Waals surface area contributed by atoms with Crippen molar-refractivity contribution in [2.24, 2.45) is 0 Å². The van der Waals surface area contributed by atoms with E-state index in [9.17, 15) is 9.90 Å². The van der Waals surface area contributed by atoms with Crippen LogP contribution in [0.5, 0.6) is 0 Å². The largest absolute Gasteiger partial charge is 0.378 e. The molecule has 1 N–H and O–H groups in total. The van der Waals surface area contributed by atoms with Crippen LogP contribution in [0.15, 0.2) is 30.6 Å². The summed E-state index contributed by atoms with van der Waals surface area (Å²) in [6.07, 6.45) is 2.79. The molecule has 0 radical (unpaired) electrons. The molecule has 6 heteroatoms. The quantitative estimate of drug-likeness (QED) is 0.845. The molecule has 0 saturated carbocycles. The summed E-state index contributed by atoms with van der Waals surface area (Å²) in [4.78, 5) is 20.0. The van der Waals surface area contributed by atoms with Crippen LogP contribution in [0.3, 0.4) is 0 Å². The minimum atomic E-state index is -1.03. The summed E-state index contributed by atoms with van der Waals surface area (Å²) in [7, 11) is 1.70. The Kier molecular flexibility index (Phi) is 2.56. The normalized spacial score (nSPS) is 20.7. The number of amides is 1. The number of imidazole rings is 1. The van der Waals surface area contributed by atoms with Crippen LogP contribution in [0.2, 0.25) is 0 Å². The zero-order valence-corrected chi connectivity index (χ0v) is 11.7. The van der Waals surface area contributed by atoms with Crippen molar-refractivity contribution in [3.8, 4) is 0 Å². The zero-order valence-electron chi connectivity index (χ0n) is 11.7. The molecule has 1 aromatic carbocycles. The van der Waals surface area contributed by atoms with Gasteiger partial charge in [0.25, 0.3) is 5.91 Å². The average molecular weight is 284 g/mol. The van der Waals surface area contributed by atoms with E-state index in [0.29, 0.717) is 5.56 Å². The Morgan fingerprint density at radius 1 is 1.33 bits per heavy atom. The molecular formula is C15H16N4O2. The Labute approximate surface area is 122 Å². The molecule has 1 amide bonds. The number of aliphatic hydroxyl groups is 1. The molecule has 0 bridgehead atoms. The van der Waals surface area contributed by atoms with Gasteiger partial charge in [-0.15, -0.1) is 0 Å². The van der Waals surface area contributed by atoms with Gasteiger partial charge in [0.1, 0.15) is 5.82 Å². The number of carbonyl (C=O) groups is 1. The summed E-state index contributed by atoms with van der Waals surface area (Å²) in [6, 6.07) is 5.78. The number of fused-ring (bicyclic) bond motifs is 2. The lowest BCUT2D eigenvalue weighted by Gasteiger charge is -2.30. The third kappa shape index (κ3) is 1.76. The number of aliphatic hydroxyl groups excluding tert-OH is 1. The van der Waals surface area contributed by atoms with Gasteiger partial charge in [-0.05, 0) is 12.1 Å². The van der Waals surface area contributed by atoms with Gasteiger partial charge in [0.15, 0.2) is 6.10 Å². The van der Waals surface area contributed by atoms with Crippen molar-refractivity contribution in [2.45, 2.75) is 19.2 Å². The molecule has 6 nitrogen and oxygen atoms in total. The van der Waals surface area contributed by atoms with Gasteiger partial charge < -0.3 is 19.5 Å². The molecule has 1 aromatic heterocycles. The second-order valence-corrected chi connectivity index (χ2v) is 5.50. The first-order chi connectivity index (χ1) is 10.1. The Hall–Kier alpha value is -2.34. The molecule has 2 aliphatic heterocycles. The highest BCUT2D eigenvalue weighted by molar-refractivity contribution is 6.03. The lowest BCUT2D eigenvalue weighted by atomic mass is 10.1. The van der Waals surface area contributed by atoms with Crippen LogP contribution in [0.4, 0.5) is 11.4 Å². The van der Waals surface area contributed by atoms with E-state index < -0.39 is 6.10 Å². The van der Waals surface area contributed by atoms with Gasteiger partial charge in [-0.3, -0.25) is 4.79 Å². The number of hydrogen-bond acceptors (Lipinski definition) is 4. The fourth-order valence-corrected chi connectivity index (χ4v) is 3.08. The molecule has 0 fully saturated rings. The first kappa shape index (κ1) is 12.4. The van der Waals surface area contributed by atoms with E-state index in [1.807, 2.05) is 30.6 Å². The molecule has 2 aliphatic rings. The van der Waals surface area contributed by atoms with Gasteiger partial charge in [-0.1, -0.05) is 6.07 Å². The second kappa shape index (κ2) is 4.33. The maximum Gasteiger partial charge on any atom is 0.260 e. The number of aromatic nitrogens is 2. The molecule has 1 atom stereocenters. The van der Waals surface area contributed by atoms with Crippen LogP contribution >= 0.6 is 0 Å². The maximum absolute atomic E-state index is 11.8. The fraction of sp³-hybridized carbons (Fsp3) is 0.333. The van der Waals surface area contributed by atoms with Crippen molar-refractivity contribution >= 4 is 17.3 Å². The molecule has 21 heavy (non-hydrogen) atoms. The van der Waals surface area contributed by atoms with Crippen LogP contribution in [0, 0.1) is 0 Å². The van der Waals surface area contributed by atoms with Crippen LogP contribution in [0.25, 0.3) is 0 Å². The molecule has 0 saturated heterocycles. The molecule has 0 aliphatic carbocycles. The number of carbonyl (C=O) groups excluding carboxylic acids is 1. The maximum atomic E-state index is 11.8. The Morgan fingerprint density at radius 2 is 2.19 bits per heavy atom. The number of benzene rings is 1. The highest BCUT2D eigenvalue weighted by Gasteiger charge is 2.34. The Balaban J connectivity index is 1.68. The summed E-state index contributed by atoms with van der Waals surface area (Å²) in [5, 5.41) is 9.91. The Bertz CT molecular complexity index is 724. The third-order valence-corrected chi connectivity index (χ3v) is 4.34. The van der Waals surface area contributed by atoms with Gasteiger partial charge in [-0.25, -0.2) is 4.98 Å². The van der Waals surface area contributed by atoms with Crippen LogP contribution < -0.4 is 9.80 Å². The van der Waals surface area contributed by atoms with Gasteiger partial charge in [0.05, 0.1) is 12.2 Å². The smallest absolute Gasteiger partial charge is 0.260 e. The van der Waals surface area contributed by atoms with E-state index in [4.69, 9.17) is 0 Å². The summed E-state index contributed by atoms with van der Waals surface area (Å²) in [6.45, 7) is 2.57. The molecular weight excluding hydrogens is 268 g/mol. The standard InChI is InChI=1S/C15H16N4O2/c1-17-12-8-10(2-3-11(12)14(20)15(17)21)19-7-6-18-5-4-16-13(18)9-19/h2-5,8,14,20H,6-7,9H2,1H3. The van der Waals surface area contributed by atoms with Crippen molar-refractivity contribution < 1.29 is 9.90 Å². The van der Waals surface area contributed by atoms with Crippen molar-refractivity contribution in [1.82, 2.24) is 9.55 Å². The van der Waals surface area contributed by atoms with Gasteiger partial charge >= 0.3 is 0 Å². The first-order valence-corrected chi connectivity index (χ1v) is 6.99. The lowest BCUT2D eigenvalue weighted by molar-refractivity contribution is -0.125. The van der Waals surface area contributed by atoms with E-state index in [1.54, 1.807) is 7.05 Å². The zero-order chi connectivity index (χ0) is 14.6. The van der Waals surface area contributed by atoms with Crippen molar-refractivity contribution in [3.05, 3.63) is 42.0 Å². The van der Waals surface area contributed by atoms with Crippen LogP contribution in [-0.2, 0) is 17.9 Å². The van der Waals surface area contributed by atoms with Crippen LogP contribution in [-0.4, -0.2) is 34.2 Å². The predicted octanol–water partition coefficient (Wildman–Crippen LogP) is 0.913. The predicted molar refractivity (Wildman–Crippen MR) is 78.1 cm³/mol. The van der Waals surface area contributed by atoms with Crippen LogP contribution in [0.1, 0.15) is 17.5 Å². The molecule has 1 unspecified atom stereocenters. The van der Waals surface area contributed by atoms with E-state index in [0.717, 1.165) is 36.8 Å². The minimum Gasteiger partial charge on any atom is -0.378 e.